The number of aromatic nitrogens is 2. The van der Waals surface area contributed by atoms with E-state index in [1.165, 1.54) is 17.2 Å². The molecule has 2 heterocycles. The van der Waals surface area contributed by atoms with Gasteiger partial charge in [-0.05, 0) is 6.07 Å². The third-order valence-electron chi connectivity index (χ3n) is 2.47. The van der Waals surface area contributed by atoms with Gasteiger partial charge in [0.25, 0.3) is 10.1 Å². The van der Waals surface area contributed by atoms with Crippen LogP contribution in [-0.2, 0) is 25.7 Å². The first-order valence-electron chi connectivity index (χ1n) is 5.62. The van der Waals surface area contributed by atoms with Gasteiger partial charge in [0.05, 0.1) is 19.1 Å². The van der Waals surface area contributed by atoms with Crippen LogP contribution in [0.3, 0.4) is 0 Å². The van der Waals surface area contributed by atoms with Crippen molar-refractivity contribution in [3.63, 3.8) is 0 Å². The number of carbonyl (C=O) groups is 2. The molecule has 0 saturated carbocycles. The first-order chi connectivity index (χ1) is 9.35. The van der Waals surface area contributed by atoms with E-state index < -0.39 is 16.1 Å². The highest BCUT2D eigenvalue weighted by Gasteiger charge is 2.25. The first-order valence-corrected chi connectivity index (χ1v) is 7.44. The second-order valence-corrected chi connectivity index (χ2v) is 5.79. The second kappa shape index (κ2) is 5.51. The number of nitrogens with one attached hydrogen (secondary N) is 1. The van der Waals surface area contributed by atoms with Gasteiger partial charge in [-0.15, -0.1) is 5.10 Å². The van der Waals surface area contributed by atoms with Gasteiger partial charge in [0.1, 0.15) is 0 Å². The van der Waals surface area contributed by atoms with E-state index in [0.717, 1.165) is 6.26 Å². The Hall–Kier alpha value is -2.07. The molecule has 1 N–H and O–H groups in total. The predicted molar refractivity (Wildman–Crippen MR) is 67.2 cm³/mol. The molecule has 0 unspecified atom stereocenters. The lowest BCUT2D eigenvalue weighted by molar-refractivity contribution is -0.120. The maximum absolute atomic E-state index is 11.6. The topological polar surface area (TPSA) is 119 Å². The summed E-state index contributed by atoms with van der Waals surface area (Å²) in [6, 6.07) is 0.893. The summed E-state index contributed by atoms with van der Waals surface area (Å²) in [4.78, 5) is 23.9. The summed E-state index contributed by atoms with van der Waals surface area (Å²) in [6.45, 7) is -0.00846. The molecule has 1 fully saturated rings. The molecule has 0 atom stereocenters. The molecule has 0 spiro atoms. The van der Waals surface area contributed by atoms with Gasteiger partial charge in [-0.25, -0.2) is 4.79 Å². The van der Waals surface area contributed by atoms with Crippen LogP contribution in [0.2, 0.25) is 0 Å². The summed E-state index contributed by atoms with van der Waals surface area (Å²) < 4.78 is 26.5. The zero-order valence-corrected chi connectivity index (χ0v) is 11.4. The van der Waals surface area contributed by atoms with Gasteiger partial charge in [-0.3, -0.25) is 19.2 Å². The SMILES string of the molecule is CS(=O)(=O)OCc1cnnc(N2CCC(=O)NC2=O)c1. The van der Waals surface area contributed by atoms with Crippen LogP contribution in [0.5, 0.6) is 0 Å². The minimum Gasteiger partial charge on any atom is -0.278 e. The Bertz CT molecular complexity index is 645. The van der Waals surface area contributed by atoms with Crippen molar-refractivity contribution >= 4 is 27.9 Å². The van der Waals surface area contributed by atoms with Crippen molar-refractivity contribution in [3.05, 3.63) is 17.8 Å². The van der Waals surface area contributed by atoms with E-state index in [1.807, 2.05) is 0 Å². The number of hydrogen-bond acceptors (Lipinski definition) is 7. The van der Waals surface area contributed by atoms with Crippen LogP contribution < -0.4 is 10.2 Å². The molecule has 20 heavy (non-hydrogen) atoms. The van der Waals surface area contributed by atoms with Crippen LogP contribution in [-0.4, -0.2) is 43.4 Å². The molecule has 1 aliphatic rings. The quantitative estimate of drug-likeness (QED) is 0.737. The first kappa shape index (κ1) is 14.3. The molecule has 0 bridgehead atoms. The maximum atomic E-state index is 11.6. The van der Waals surface area contributed by atoms with Crippen LogP contribution in [0.25, 0.3) is 0 Å². The van der Waals surface area contributed by atoms with E-state index >= 15 is 0 Å². The smallest absolute Gasteiger partial charge is 0.278 e. The Balaban J connectivity index is 2.13. The van der Waals surface area contributed by atoms with Crippen LogP contribution >= 0.6 is 0 Å². The van der Waals surface area contributed by atoms with E-state index in [9.17, 15) is 18.0 Å². The van der Waals surface area contributed by atoms with Gasteiger partial charge in [0.15, 0.2) is 5.82 Å². The lowest BCUT2D eigenvalue weighted by Gasteiger charge is -2.25. The van der Waals surface area contributed by atoms with Gasteiger partial charge < -0.3 is 0 Å². The molecule has 1 saturated heterocycles. The summed E-state index contributed by atoms with van der Waals surface area (Å²) >= 11 is 0. The minimum absolute atomic E-state index is 0.164. The number of nitrogens with zero attached hydrogens (tertiary/aromatic N) is 3. The number of hydrogen-bond donors (Lipinski definition) is 1. The maximum Gasteiger partial charge on any atom is 0.329 e. The summed E-state index contributed by atoms with van der Waals surface area (Å²) in [5.74, 6) is -0.125. The van der Waals surface area contributed by atoms with Crippen molar-refractivity contribution in [2.45, 2.75) is 13.0 Å². The summed E-state index contributed by atoms with van der Waals surface area (Å²) in [5, 5.41) is 9.62. The second-order valence-electron chi connectivity index (χ2n) is 4.14. The van der Waals surface area contributed by atoms with Crippen LogP contribution in [0.1, 0.15) is 12.0 Å². The molecular weight excluding hydrogens is 288 g/mol. The van der Waals surface area contributed by atoms with Crippen molar-refractivity contribution in [1.29, 1.82) is 0 Å². The van der Waals surface area contributed by atoms with Gasteiger partial charge in [0, 0.05) is 18.5 Å². The van der Waals surface area contributed by atoms with Gasteiger partial charge in [0.2, 0.25) is 5.91 Å². The monoisotopic (exact) mass is 300 g/mol. The number of rotatable bonds is 4. The zero-order valence-electron chi connectivity index (χ0n) is 10.6. The van der Waals surface area contributed by atoms with Gasteiger partial charge in [-0.2, -0.15) is 13.5 Å². The Labute approximate surface area is 115 Å². The average Bonchev–Trinajstić information content (AvgIpc) is 2.36. The summed E-state index contributed by atoms with van der Waals surface area (Å²) in [5.41, 5.74) is 0.449. The van der Waals surface area contributed by atoms with Gasteiger partial charge >= 0.3 is 6.03 Å². The molecule has 108 valence electrons. The molecule has 2 rings (SSSR count). The van der Waals surface area contributed by atoms with Crippen molar-refractivity contribution < 1.29 is 22.2 Å². The number of amides is 3. The van der Waals surface area contributed by atoms with E-state index in [0.29, 0.717) is 5.56 Å². The minimum atomic E-state index is -3.56. The molecule has 3 amide bonds. The standard InChI is InChI=1S/C10H12N4O5S/c1-20(17,18)19-6-7-4-8(13-11-5-7)14-3-2-9(15)12-10(14)16/h4-5H,2-3,6H2,1H3,(H,12,15,16). The molecule has 0 aliphatic carbocycles. The fraction of sp³-hybridized carbons (Fsp3) is 0.400. The third-order valence-corrected chi connectivity index (χ3v) is 3.01. The Morgan fingerprint density at radius 1 is 1.45 bits per heavy atom. The number of carbonyl (C=O) groups excluding carboxylic acids is 2. The predicted octanol–water partition coefficient (Wildman–Crippen LogP) is -0.601. The molecule has 1 aromatic heterocycles. The molecule has 10 heteroatoms. The van der Waals surface area contributed by atoms with E-state index in [1.54, 1.807) is 0 Å². The summed E-state index contributed by atoms with van der Waals surface area (Å²) in [6.07, 6.45) is 2.44. The van der Waals surface area contributed by atoms with Crippen LogP contribution in [0.4, 0.5) is 10.6 Å². The van der Waals surface area contributed by atoms with E-state index in [4.69, 9.17) is 0 Å². The zero-order chi connectivity index (χ0) is 14.8. The summed E-state index contributed by atoms with van der Waals surface area (Å²) in [7, 11) is -3.56. The highest BCUT2D eigenvalue weighted by atomic mass is 32.2. The van der Waals surface area contributed by atoms with Crippen molar-refractivity contribution in [2.24, 2.45) is 0 Å². The Kier molecular flexibility index (Phi) is 3.95. The molecular formula is C10H12N4O5S. The molecule has 0 aromatic carbocycles. The third kappa shape index (κ3) is 3.71. The number of anilines is 1. The largest absolute Gasteiger partial charge is 0.329 e. The van der Waals surface area contributed by atoms with Gasteiger partial charge in [-0.1, -0.05) is 0 Å². The lowest BCUT2D eigenvalue weighted by Crippen LogP contribution is -2.50. The number of urea groups is 1. The Morgan fingerprint density at radius 2 is 2.20 bits per heavy atom. The van der Waals surface area contributed by atoms with E-state index in [-0.39, 0.29) is 31.3 Å². The van der Waals surface area contributed by atoms with Crippen molar-refractivity contribution in [1.82, 2.24) is 15.5 Å². The average molecular weight is 300 g/mol. The number of imide groups is 1. The Morgan fingerprint density at radius 3 is 2.85 bits per heavy atom. The van der Waals surface area contributed by atoms with Crippen molar-refractivity contribution in [3.8, 4) is 0 Å². The lowest BCUT2D eigenvalue weighted by atomic mass is 10.2. The fourth-order valence-corrected chi connectivity index (χ4v) is 1.91. The van der Waals surface area contributed by atoms with Crippen LogP contribution in [0.15, 0.2) is 12.3 Å². The fourth-order valence-electron chi connectivity index (χ4n) is 1.56. The van der Waals surface area contributed by atoms with Crippen LogP contribution in [0, 0.1) is 0 Å². The highest BCUT2D eigenvalue weighted by Crippen LogP contribution is 2.15. The van der Waals surface area contributed by atoms with E-state index in [2.05, 4.69) is 19.7 Å². The normalized spacial score (nSPS) is 16.1. The molecule has 0 radical (unpaired) electrons. The van der Waals surface area contributed by atoms with Crippen molar-refractivity contribution in [2.75, 3.05) is 17.7 Å². The highest BCUT2D eigenvalue weighted by molar-refractivity contribution is 7.85. The molecule has 1 aromatic rings. The molecule has 1 aliphatic heterocycles. The molecule has 9 nitrogen and oxygen atoms in total.